The van der Waals surface area contributed by atoms with Crippen LogP contribution in [0.15, 0.2) is 54.6 Å². The molecule has 134 valence electrons. The number of carbonyl (C=O) groups excluding carboxylic acids is 1. The number of urea groups is 1. The standard InChI is InChI=1S/C22H25N3O/c1-15-8-10-20(11-9-15)24-22(26)23-14-19-13-17(3)25(18(19)4)21-7-5-6-16(2)12-21/h5-13H,14H2,1-4H3,(H2,23,24,26). The van der Waals surface area contributed by atoms with E-state index in [4.69, 9.17) is 0 Å². The number of benzene rings is 2. The molecule has 26 heavy (non-hydrogen) atoms. The van der Waals surface area contributed by atoms with Crippen LogP contribution < -0.4 is 10.6 Å². The Bertz CT molecular complexity index is 923. The summed E-state index contributed by atoms with van der Waals surface area (Å²) in [5.74, 6) is 0. The van der Waals surface area contributed by atoms with Crippen LogP contribution in [0.1, 0.15) is 28.1 Å². The van der Waals surface area contributed by atoms with Gasteiger partial charge in [-0.15, -0.1) is 0 Å². The molecule has 0 aliphatic carbocycles. The van der Waals surface area contributed by atoms with Crippen molar-refractivity contribution in [1.29, 1.82) is 0 Å². The molecule has 2 N–H and O–H groups in total. The van der Waals surface area contributed by atoms with E-state index in [0.717, 1.165) is 28.3 Å². The molecule has 3 rings (SSSR count). The van der Waals surface area contributed by atoms with Crippen molar-refractivity contribution < 1.29 is 4.79 Å². The number of amides is 2. The smallest absolute Gasteiger partial charge is 0.319 e. The molecule has 0 bridgehead atoms. The third-order valence-electron chi connectivity index (χ3n) is 4.54. The Hall–Kier alpha value is -3.01. The predicted molar refractivity (Wildman–Crippen MR) is 107 cm³/mol. The molecular weight excluding hydrogens is 322 g/mol. The van der Waals surface area contributed by atoms with Crippen molar-refractivity contribution in [3.63, 3.8) is 0 Å². The minimum absolute atomic E-state index is 0.200. The van der Waals surface area contributed by atoms with E-state index in [1.165, 1.54) is 11.1 Å². The van der Waals surface area contributed by atoms with Gasteiger partial charge < -0.3 is 15.2 Å². The van der Waals surface area contributed by atoms with E-state index in [1.807, 2.05) is 31.2 Å². The molecule has 0 spiro atoms. The maximum atomic E-state index is 12.2. The second-order valence-corrected chi connectivity index (χ2v) is 6.74. The Balaban J connectivity index is 1.70. The van der Waals surface area contributed by atoms with Crippen LogP contribution in [-0.2, 0) is 6.54 Å². The van der Waals surface area contributed by atoms with Crippen LogP contribution in [-0.4, -0.2) is 10.6 Å². The summed E-state index contributed by atoms with van der Waals surface area (Å²) in [6.07, 6.45) is 0. The van der Waals surface area contributed by atoms with Gasteiger partial charge in [-0.1, -0.05) is 29.8 Å². The second kappa shape index (κ2) is 7.48. The summed E-state index contributed by atoms with van der Waals surface area (Å²) in [6, 6.07) is 18.1. The van der Waals surface area contributed by atoms with Gasteiger partial charge >= 0.3 is 6.03 Å². The molecule has 2 aromatic carbocycles. The van der Waals surface area contributed by atoms with Crippen molar-refractivity contribution in [3.8, 4) is 5.69 Å². The van der Waals surface area contributed by atoms with Crippen molar-refractivity contribution in [3.05, 3.63) is 82.7 Å². The van der Waals surface area contributed by atoms with E-state index < -0.39 is 0 Å². The number of nitrogens with one attached hydrogen (secondary N) is 2. The van der Waals surface area contributed by atoms with Crippen molar-refractivity contribution in [2.75, 3.05) is 5.32 Å². The number of carbonyl (C=O) groups is 1. The topological polar surface area (TPSA) is 46.1 Å². The molecular formula is C22H25N3O. The number of hydrogen-bond donors (Lipinski definition) is 2. The van der Waals surface area contributed by atoms with Crippen LogP contribution >= 0.6 is 0 Å². The summed E-state index contributed by atoms with van der Waals surface area (Å²) in [4.78, 5) is 12.2. The lowest BCUT2D eigenvalue weighted by Crippen LogP contribution is -2.28. The summed E-state index contributed by atoms with van der Waals surface area (Å²) >= 11 is 0. The Morgan fingerprint density at radius 3 is 2.35 bits per heavy atom. The van der Waals surface area contributed by atoms with Crippen molar-refractivity contribution in [1.82, 2.24) is 9.88 Å². The largest absolute Gasteiger partial charge is 0.334 e. The molecule has 2 amide bonds. The van der Waals surface area contributed by atoms with Crippen LogP contribution in [0.2, 0.25) is 0 Å². The molecule has 0 fully saturated rings. The summed E-state index contributed by atoms with van der Waals surface area (Å²) in [5, 5.41) is 5.81. The van der Waals surface area contributed by atoms with Gasteiger partial charge in [0.2, 0.25) is 0 Å². The van der Waals surface area contributed by atoms with E-state index in [9.17, 15) is 4.79 Å². The molecule has 0 saturated heterocycles. The van der Waals surface area contributed by atoms with E-state index >= 15 is 0 Å². The lowest BCUT2D eigenvalue weighted by Gasteiger charge is -2.11. The van der Waals surface area contributed by atoms with Crippen LogP contribution in [0.3, 0.4) is 0 Å². The number of nitrogens with zero attached hydrogens (tertiary/aromatic N) is 1. The predicted octanol–water partition coefficient (Wildman–Crippen LogP) is 5.03. The highest BCUT2D eigenvalue weighted by atomic mass is 16.2. The van der Waals surface area contributed by atoms with Gasteiger partial charge in [-0.2, -0.15) is 0 Å². The SMILES string of the molecule is Cc1ccc(NC(=O)NCc2cc(C)n(-c3cccc(C)c3)c2C)cc1. The van der Waals surface area contributed by atoms with Gasteiger partial charge in [0, 0.05) is 29.3 Å². The van der Waals surface area contributed by atoms with Gasteiger partial charge in [-0.3, -0.25) is 0 Å². The van der Waals surface area contributed by atoms with Gasteiger partial charge in [0.05, 0.1) is 0 Å². The van der Waals surface area contributed by atoms with E-state index in [2.05, 4.69) is 66.3 Å². The maximum Gasteiger partial charge on any atom is 0.319 e. The molecule has 1 heterocycles. The minimum Gasteiger partial charge on any atom is -0.334 e. The molecule has 3 aromatic rings. The molecule has 0 atom stereocenters. The van der Waals surface area contributed by atoms with Gasteiger partial charge in [-0.05, 0) is 69.2 Å². The first kappa shape index (κ1) is 17.8. The van der Waals surface area contributed by atoms with Gasteiger partial charge in [0.1, 0.15) is 0 Å². The van der Waals surface area contributed by atoms with Gasteiger partial charge in [0.15, 0.2) is 0 Å². The summed E-state index contributed by atoms with van der Waals surface area (Å²) in [5.41, 5.74) is 7.75. The zero-order valence-electron chi connectivity index (χ0n) is 15.8. The first-order valence-corrected chi connectivity index (χ1v) is 8.80. The number of rotatable bonds is 4. The van der Waals surface area contributed by atoms with Gasteiger partial charge in [-0.25, -0.2) is 4.79 Å². The number of hydrogen-bond acceptors (Lipinski definition) is 1. The fourth-order valence-electron chi connectivity index (χ4n) is 3.16. The highest BCUT2D eigenvalue weighted by Gasteiger charge is 2.11. The lowest BCUT2D eigenvalue weighted by molar-refractivity contribution is 0.251. The fraction of sp³-hybridized carbons (Fsp3) is 0.227. The molecule has 0 unspecified atom stereocenters. The fourth-order valence-corrected chi connectivity index (χ4v) is 3.16. The summed E-state index contributed by atoms with van der Waals surface area (Å²) < 4.78 is 2.22. The van der Waals surface area contributed by atoms with Crippen molar-refractivity contribution >= 4 is 11.7 Å². The Kier molecular flexibility index (Phi) is 5.12. The Morgan fingerprint density at radius 1 is 0.923 bits per heavy atom. The van der Waals surface area contributed by atoms with Crippen molar-refractivity contribution in [2.24, 2.45) is 0 Å². The molecule has 1 aromatic heterocycles. The first-order chi connectivity index (χ1) is 12.4. The van der Waals surface area contributed by atoms with E-state index in [0.29, 0.717) is 6.54 Å². The molecule has 0 aliphatic heterocycles. The monoisotopic (exact) mass is 347 g/mol. The number of aromatic nitrogens is 1. The van der Waals surface area contributed by atoms with Gasteiger partial charge in [0.25, 0.3) is 0 Å². The molecule has 4 heteroatoms. The Morgan fingerprint density at radius 2 is 1.65 bits per heavy atom. The highest BCUT2D eigenvalue weighted by Crippen LogP contribution is 2.21. The minimum atomic E-state index is -0.200. The average molecular weight is 347 g/mol. The number of anilines is 1. The average Bonchev–Trinajstić information content (AvgIpc) is 2.89. The molecule has 4 nitrogen and oxygen atoms in total. The third-order valence-corrected chi connectivity index (χ3v) is 4.54. The molecule has 0 aliphatic rings. The van der Waals surface area contributed by atoms with E-state index in [1.54, 1.807) is 0 Å². The van der Waals surface area contributed by atoms with Crippen molar-refractivity contribution in [2.45, 2.75) is 34.2 Å². The lowest BCUT2D eigenvalue weighted by atomic mass is 10.2. The van der Waals surface area contributed by atoms with Crippen LogP contribution in [0.25, 0.3) is 5.69 Å². The highest BCUT2D eigenvalue weighted by molar-refractivity contribution is 5.89. The molecule has 0 saturated carbocycles. The summed E-state index contributed by atoms with van der Waals surface area (Å²) in [6.45, 7) is 8.78. The Labute approximate surface area is 154 Å². The second-order valence-electron chi connectivity index (χ2n) is 6.74. The third kappa shape index (κ3) is 3.97. The zero-order chi connectivity index (χ0) is 18.7. The number of aryl methyl sites for hydroxylation is 3. The summed E-state index contributed by atoms with van der Waals surface area (Å²) in [7, 11) is 0. The normalized spacial score (nSPS) is 10.6. The van der Waals surface area contributed by atoms with Crippen LogP contribution in [0, 0.1) is 27.7 Å². The van der Waals surface area contributed by atoms with Crippen LogP contribution in [0.4, 0.5) is 10.5 Å². The quantitative estimate of drug-likeness (QED) is 0.683. The van der Waals surface area contributed by atoms with Crippen LogP contribution in [0.5, 0.6) is 0 Å². The molecule has 0 radical (unpaired) electrons. The van der Waals surface area contributed by atoms with E-state index in [-0.39, 0.29) is 6.03 Å². The zero-order valence-corrected chi connectivity index (χ0v) is 15.8. The first-order valence-electron chi connectivity index (χ1n) is 8.80. The maximum absolute atomic E-state index is 12.2.